The van der Waals surface area contributed by atoms with Crippen LogP contribution in [0.4, 0.5) is 11.6 Å². The zero-order valence-corrected chi connectivity index (χ0v) is 18.8. The number of hydrogen-bond donors (Lipinski definition) is 2. The number of fused-ring (bicyclic) bond motifs is 2. The third kappa shape index (κ3) is 3.48. The largest absolute Gasteiger partial charge is 0.333 e. The first-order valence-corrected chi connectivity index (χ1v) is 11.1. The molecule has 0 atom stereocenters. The summed E-state index contributed by atoms with van der Waals surface area (Å²) < 4.78 is 5.49. The second-order valence-corrected chi connectivity index (χ2v) is 8.79. The molecule has 9 nitrogen and oxygen atoms in total. The molecule has 0 unspecified atom stereocenters. The molecule has 0 saturated carbocycles. The van der Waals surface area contributed by atoms with Crippen molar-refractivity contribution >= 4 is 22.7 Å². The number of aromatic nitrogens is 6. The Hall–Kier alpha value is -3.46. The van der Waals surface area contributed by atoms with Crippen LogP contribution in [0.2, 0.25) is 0 Å². The van der Waals surface area contributed by atoms with Gasteiger partial charge in [0.05, 0.1) is 12.5 Å². The van der Waals surface area contributed by atoms with E-state index in [0.717, 1.165) is 25.2 Å². The van der Waals surface area contributed by atoms with Crippen LogP contribution in [-0.4, -0.2) is 35.4 Å². The second kappa shape index (κ2) is 7.90. The first kappa shape index (κ1) is 20.4. The van der Waals surface area contributed by atoms with Crippen molar-refractivity contribution in [1.29, 1.82) is 0 Å². The van der Waals surface area contributed by atoms with Crippen molar-refractivity contribution < 1.29 is 0 Å². The van der Waals surface area contributed by atoms with Gasteiger partial charge in [0, 0.05) is 30.5 Å². The third-order valence-corrected chi connectivity index (χ3v) is 5.86. The molecule has 166 valence electrons. The van der Waals surface area contributed by atoms with Crippen molar-refractivity contribution in [3.05, 3.63) is 58.4 Å². The molecule has 2 N–H and O–H groups in total. The zero-order chi connectivity index (χ0) is 22.4. The maximum Gasteiger partial charge on any atom is 0.278 e. The first-order valence-electron chi connectivity index (χ1n) is 11.1. The SMILES string of the molecule is CC(C)n1cnc(-n2c3nc(Nc4ccc5c(c4)CNCC5)ncc3c(=O)n2C(C)C)c1. The average molecular weight is 433 g/mol. The number of nitrogens with one attached hydrogen (secondary N) is 2. The standard InChI is InChI=1S/C23H28N8O/c1-14(2)29-12-20(26-13-29)31-21-19(22(32)30(31)15(3)4)11-25-23(28-21)27-18-6-5-16-7-8-24-10-17(16)9-18/h5-6,9,11-15,24H,7-8,10H2,1-4H3,(H,25,27,28). The molecule has 32 heavy (non-hydrogen) atoms. The summed E-state index contributed by atoms with van der Waals surface area (Å²) in [7, 11) is 0. The minimum absolute atomic E-state index is 0.0644. The molecular formula is C23H28N8O. The van der Waals surface area contributed by atoms with E-state index in [1.165, 1.54) is 11.1 Å². The van der Waals surface area contributed by atoms with Gasteiger partial charge in [0.25, 0.3) is 5.56 Å². The van der Waals surface area contributed by atoms with E-state index in [0.29, 0.717) is 22.8 Å². The van der Waals surface area contributed by atoms with E-state index in [4.69, 9.17) is 4.98 Å². The van der Waals surface area contributed by atoms with Crippen LogP contribution in [0.25, 0.3) is 16.9 Å². The maximum atomic E-state index is 13.1. The minimum Gasteiger partial charge on any atom is -0.333 e. The van der Waals surface area contributed by atoms with Gasteiger partial charge in [-0.25, -0.2) is 19.3 Å². The van der Waals surface area contributed by atoms with E-state index in [-0.39, 0.29) is 17.6 Å². The predicted molar refractivity (Wildman–Crippen MR) is 125 cm³/mol. The number of benzene rings is 1. The van der Waals surface area contributed by atoms with Crippen molar-refractivity contribution in [2.75, 3.05) is 11.9 Å². The van der Waals surface area contributed by atoms with Gasteiger partial charge in [0.1, 0.15) is 5.39 Å². The van der Waals surface area contributed by atoms with E-state index in [2.05, 4.69) is 46.6 Å². The lowest BCUT2D eigenvalue weighted by molar-refractivity contribution is 0.472. The van der Waals surface area contributed by atoms with Gasteiger partial charge in [-0.3, -0.25) is 4.79 Å². The molecule has 0 radical (unpaired) electrons. The normalized spacial score (nSPS) is 13.8. The van der Waals surface area contributed by atoms with Crippen molar-refractivity contribution in [3.8, 4) is 5.82 Å². The van der Waals surface area contributed by atoms with Crippen molar-refractivity contribution in [2.45, 2.75) is 52.7 Å². The maximum absolute atomic E-state index is 13.1. The Bertz CT molecular complexity index is 1340. The van der Waals surface area contributed by atoms with Crippen LogP contribution in [0.1, 0.15) is 50.9 Å². The fourth-order valence-corrected chi connectivity index (χ4v) is 4.15. The Morgan fingerprint density at radius 1 is 1.09 bits per heavy atom. The lowest BCUT2D eigenvalue weighted by atomic mass is 10.0. The van der Waals surface area contributed by atoms with Crippen molar-refractivity contribution in [1.82, 2.24) is 34.2 Å². The van der Waals surface area contributed by atoms with Crippen LogP contribution >= 0.6 is 0 Å². The quantitative estimate of drug-likeness (QED) is 0.502. The van der Waals surface area contributed by atoms with Crippen molar-refractivity contribution in [3.63, 3.8) is 0 Å². The van der Waals surface area contributed by atoms with Gasteiger partial charge in [-0.2, -0.15) is 4.98 Å². The molecule has 0 spiro atoms. The summed E-state index contributed by atoms with van der Waals surface area (Å²) >= 11 is 0. The van der Waals surface area contributed by atoms with E-state index in [9.17, 15) is 4.79 Å². The molecule has 4 aromatic rings. The van der Waals surface area contributed by atoms with Gasteiger partial charge in [-0.1, -0.05) is 6.07 Å². The molecule has 0 aliphatic carbocycles. The number of rotatable bonds is 5. The number of hydrogen-bond acceptors (Lipinski definition) is 6. The van der Waals surface area contributed by atoms with Gasteiger partial charge in [-0.05, 0) is 63.9 Å². The summed E-state index contributed by atoms with van der Waals surface area (Å²) in [5.74, 6) is 1.10. The first-order chi connectivity index (χ1) is 15.4. The topological polar surface area (TPSA) is 94.6 Å². The Labute approximate surface area is 186 Å². The van der Waals surface area contributed by atoms with Crippen LogP contribution in [0.15, 0.2) is 41.7 Å². The van der Waals surface area contributed by atoms with Gasteiger partial charge < -0.3 is 15.2 Å². The fraction of sp³-hybridized carbons (Fsp3) is 0.391. The summed E-state index contributed by atoms with van der Waals surface area (Å²) in [4.78, 5) is 26.8. The monoisotopic (exact) mass is 432 g/mol. The predicted octanol–water partition coefficient (Wildman–Crippen LogP) is 3.33. The number of imidazole rings is 1. The highest BCUT2D eigenvalue weighted by Gasteiger charge is 2.21. The molecule has 5 rings (SSSR count). The van der Waals surface area contributed by atoms with Crippen molar-refractivity contribution in [2.24, 2.45) is 0 Å². The second-order valence-electron chi connectivity index (χ2n) is 8.79. The molecule has 3 aromatic heterocycles. The van der Waals surface area contributed by atoms with E-state index in [1.54, 1.807) is 21.9 Å². The molecule has 9 heteroatoms. The molecule has 0 amide bonds. The highest BCUT2D eigenvalue weighted by atomic mass is 16.1. The third-order valence-electron chi connectivity index (χ3n) is 5.86. The molecule has 0 saturated heterocycles. The fourth-order valence-electron chi connectivity index (χ4n) is 4.15. The highest BCUT2D eigenvalue weighted by molar-refractivity contribution is 5.77. The van der Waals surface area contributed by atoms with Crippen LogP contribution in [0, 0.1) is 0 Å². The molecule has 0 fully saturated rings. The molecule has 1 aliphatic rings. The van der Waals surface area contributed by atoms with Gasteiger partial charge in [-0.15, -0.1) is 0 Å². The Kier molecular flexibility index (Phi) is 5.05. The summed E-state index contributed by atoms with van der Waals surface area (Å²) in [6.45, 7) is 10.0. The molecule has 0 bridgehead atoms. The average Bonchev–Trinajstić information content (AvgIpc) is 3.37. The Morgan fingerprint density at radius 3 is 2.69 bits per heavy atom. The van der Waals surface area contributed by atoms with Crippen LogP contribution in [0.5, 0.6) is 0 Å². The number of anilines is 2. The summed E-state index contributed by atoms with van der Waals surface area (Å²) in [5.41, 5.74) is 3.99. The van der Waals surface area contributed by atoms with Crippen LogP contribution in [0.3, 0.4) is 0 Å². The Morgan fingerprint density at radius 2 is 1.94 bits per heavy atom. The van der Waals surface area contributed by atoms with E-state index < -0.39 is 0 Å². The molecule has 1 aromatic carbocycles. The molecule has 1 aliphatic heterocycles. The highest BCUT2D eigenvalue weighted by Crippen LogP contribution is 2.23. The van der Waals surface area contributed by atoms with Gasteiger partial charge in [0.15, 0.2) is 11.5 Å². The summed E-state index contributed by atoms with van der Waals surface area (Å²) in [6.07, 6.45) is 6.36. The van der Waals surface area contributed by atoms with Crippen LogP contribution in [-0.2, 0) is 13.0 Å². The lowest BCUT2D eigenvalue weighted by Gasteiger charge is -2.18. The Balaban J connectivity index is 1.60. The van der Waals surface area contributed by atoms with Gasteiger partial charge in [0.2, 0.25) is 5.95 Å². The van der Waals surface area contributed by atoms with Gasteiger partial charge >= 0.3 is 0 Å². The zero-order valence-electron chi connectivity index (χ0n) is 18.8. The summed E-state index contributed by atoms with van der Waals surface area (Å²) in [6, 6.07) is 6.54. The van der Waals surface area contributed by atoms with E-state index in [1.807, 2.05) is 30.7 Å². The smallest absolute Gasteiger partial charge is 0.278 e. The lowest BCUT2D eigenvalue weighted by Crippen LogP contribution is -2.24. The summed E-state index contributed by atoms with van der Waals surface area (Å²) in [5, 5.41) is 7.18. The van der Waals surface area contributed by atoms with Crippen LogP contribution < -0.4 is 16.2 Å². The molecule has 4 heterocycles. The molecular weight excluding hydrogens is 404 g/mol. The minimum atomic E-state index is -0.125. The number of nitrogens with zero attached hydrogens (tertiary/aromatic N) is 6. The van der Waals surface area contributed by atoms with E-state index >= 15 is 0 Å².